The molecular formula is C13H31N3. The summed E-state index contributed by atoms with van der Waals surface area (Å²) in [7, 11) is 0. The van der Waals surface area contributed by atoms with E-state index in [4.69, 9.17) is 5.73 Å². The summed E-state index contributed by atoms with van der Waals surface area (Å²) in [4.78, 5) is 2.49. The van der Waals surface area contributed by atoms with Gasteiger partial charge in [0.15, 0.2) is 0 Å². The summed E-state index contributed by atoms with van der Waals surface area (Å²) in [5, 5.41) is 3.52. The zero-order valence-electron chi connectivity index (χ0n) is 11.6. The number of nitrogens with one attached hydrogen (secondary N) is 1. The molecule has 0 aliphatic heterocycles. The highest BCUT2D eigenvalue weighted by atomic mass is 15.1. The Kier molecular flexibility index (Phi) is 9.99. The van der Waals surface area contributed by atoms with Gasteiger partial charge in [0.2, 0.25) is 0 Å². The Morgan fingerprint density at radius 3 is 2.31 bits per heavy atom. The third-order valence-corrected chi connectivity index (χ3v) is 3.24. The Labute approximate surface area is 102 Å². The van der Waals surface area contributed by atoms with E-state index in [1.165, 1.54) is 13.0 Å². The minimum atomic E-state index is 0.612. The molecule has 98 valence electrons. The van der Waals surface area contributed by atoms with Crippen LogP contribution in [0.3, 0.4) is 0 Å². The standard InChI is InChI=1S/C13H31N3/c1-5-8-16(6-2)9-7-15-11-13(10-14)12(3)4/h12-13,15H,5-11,14H2,1-4H3. The van der Waals surface area contributed by atoms with Gasteiger partial charge in [-0.25, -0.2) is 0 Å². The number of nitrogens with two attached hydrogens (primary N) is 1. The van der Waals surface area contributed by atoms with Crippen LogP contribution in [0, 0.1) is 11.8 Å². The lowest BCUT2D eigenvalue weighted by atomic mass is 9.96. The quantitative estimate of drug-likeness (QED) is 0.558. The molecule has 0 amide bonds. The normalized spacial score (nSPS) is 13.7. The van der Waals surface area contributed by atoms with Gasteiger partial charge in [0.25, 0.3) is 0 Å². The maximum atomic E-state index is 5.74. The smallest absolute Gasteiger partial charge is 0.0107 e. The van der Waals surface area contributed by atoms with Gasteiger partial charge in [-0.05, 0) is 44.4 Å². The number of likely N-dealkylation sites (N-methyl/N-ethyl adjacent to an activating group) is 1. The van der Waals surface area contributed by atoms with Crippen LogP contribution < -0.4 is 11.1 Å². The van der Waals surface area contributed by atoms with Crippen molar-refractivity contribution in [2.75, 3.05) is 39.3 Å². The molecule has 0 aromatic heterocycles. The van der Waals surface area contributed by atoms with Crippen LogP contribution in [0.25, 0.3) is 0 Å². The van der Waals surface area contributed by atoms with Crippen LogP contribution >= 0.6 is 0 Å². The molecule has 0 aliphatic carbocycles. The van der Waals surface area contributed by atoms with Crippen molar-refractivity contribution in [1.82, 2.24) is 10.2 Å². The number of rotatable bonds is 10. The fourth-order valence-corrected chi connectivity index (χ4v) is 1.86. The summed E-state index contributed by atoms with van der Waals surface area (Å²) in [6, 6.07) is 0. The molecule has 0 aromatic rings. The van der Waals surface area contributed by atoms with E-state index in [-0.39, 0.29) is 0 Å². The molecule has 1 atom stereocenters. The predicted octanol–water partition coefficient (Wildman–Crippen LogP) is 1.54. The van der Waals surface area contributed by atoms with Crippen molar-refractivity contribution in [3.8, 4) is 0 Å². The fraction of sp³-hybridized carbons (Fsp3) is 1.00. The molecular weight excluding hydrogens is 198 g/mol. The first-order chi connectivity index (χ1) is 7.65. The highest BCUT2D eigenvalue weighted by Gasteiger charge is 2.10. The van der Waals surface area contributed by atoms with Crippen LogP contribution in [0.2, 0.25) is 0 Å². The van der Waals surface area contributed by atoms with E-state index < -0.39 is 0 Å². The second-order valence-corrected chi connectivity index (χ2v) is 4.88. The average Bonchev–Trinajstić information content (AvgIpc) is 2.27. The van der Waals surface area contributed by atoms with Gasteiger partial charge >= 0.3 is 0 Å². The van der Waals surface area contributed by atoms with Gasteiger partial charge in [-0.2, -0.15) is 0 Å². The summed E-state index contributed by atoms with van der Waals surface area (Å²) in [5.74, 6) is 1.29. The van der Waals surface area contributed by atoms with Crippen molar-refractivity contribution >= 4 is 0 Å². The van der Waals surface area contributed by atoms with Gasteiger partial charge in [-0.1, -0.05) is 27.7 Å². The lowest BCUT2D eigenvalue weighted by Crippen LogP contribution is -2.37. The highest BCUT2D eigenvalue weighted by Crippen LogP contribution is 2.06. The SMILES string of the molecule is CCCN(CC)CCNCC(CN)C(C)C. The van der Waals surface area contributed by atoms with Gasteiger partial charge < -0.3 is 16.0 Å². The molecule has 3 heteroatoms. The Morgan fingerprint density at radius 2 is 1.88 bits per heavy atom. The molecule has 16 heavy (non-hydrogen) atoms. The Hall–Kier alpha value is -0.120. The summed E-state index contributed by atoms with van der Waals surface area (Å²) >= 11 is 0. The van der Waals surface area contributed by atoms with E-state index in [0.29, 0.717) is 11.8 Å². The minimum Gasteiger partial charge on any atom is -0.330 e. The van der Waals surface area contributed by atoms with Gasteiger partial charge in [0, 0.05) is 13.1 Å². The first-order valence-electron chi connectivity index (χ1n) is 6.78. The van der Waals surface area contributed by atoms with Gasteiger partial charge in [0.05, 0.1) is 0 Å². The zero-order chi connectivity index (χ0) is 12.4. The molecule has 0 aromatic carbocycles. The van der Waals surface area contributed by atoms with Crippen LogP contribution in [0.5, 0.6) is 0 Å². The summed E-state index contributed by atoms with van der Waals surface area (Å²) in [6.45, 7) is 15.4. The van der Waals surface area contributed by atoms with Crippen LogP contribution in [0.4, 0.5) is 0 Å². The lowest BCUT2D eigenvalue weighted by Gasteiger charge is -2.22. The third-order valence-electron chi connectivity index (χ3n) is 3.24. The van der Waals surface area contributed by atoms with Crippen molar-refractivity contribution in [1.29, 1.82) is 0 Å². The second kappa shape index (κ2) is 10.1. The lowest BCUT2D eigenvalue weighted by molar-refractivity contribution is 0.280. The monoisotopic (exact) mass is 229 g/mol. The van der Waals surface area contributed by atoms with Gasteiger partial charge in [-0.15, -0.1) is 0 Å². The molecule has 0 saturated heterocycles. The van der Waals surface area contributed by atoms with E-state index in [9.17, 15) is 0 Å². The molecule has 0 rings (SSSR count). The maximum absolute atomic E-state index is 5.74. The van der Waals surface area contributed by atoms with Crippen LogP contribution in [-0.4, -0.2) is 44.2 Å². The average molecular weight is 229 g/mol. The zero-order valence-corrected chi connectivity index (χ0v) is 11.6. The summed E-state index contributed by atoms with van der Waals surface area (Å²) in [5.41, 5.74) is 5.74. The molecule has 0 fully saturated rings. The van der Waals surface area contributed by atoms with Crippen LogP contribution in [0.15, 0.2) is 0 Å². The van der Waals surface area contributed by atoms with Crippen LogP contribution in [0.1, 0.15) is 34.1 Å². The number of hydrogen-bond acceptors (Lipinski definition) is 3. The molecule has 3 nitrogen and oxygen atoms in total. The predicted molar refractivity (Wildman–Crippen MR) is 72.7 cm³/mol. The van der Waals surface area contributed by atoms with E-state index >= 15 is 0 Å². The van der Waals surface area contributed by atoms with E-state index in [1.54, 1.807) is 0 Å². The molecule has 0 bridgehead atoms. The second-order valence-electron chi connectivity index (χ2n) is 4.88. The van der Waals surface area contributed by atoms with Crippen molar-refractivity contribution in [3.63, 3.8) is 0 Å². The molecule has 0 heterocycles. The summed E-state index contributed by atoms with van der Waals surface area (Å²) in [6.07, 6.45) is 1.24. The van der Waals surface area contributed by atoms with Gasteiger partial charge in [-0.3, -0.25) is 0 Å². The van der Waals surface area contributed by atoms with E-state index in [2.05, 4.69) is 37.9 Å². The minimum absolute atomic E-state index is 0.612. The Bertz CT molecular complexity index is 148. The summed E-state index contributed by atoms with van der Waals surface area (Å²) < 4.78 is 0. The molecule has 0 saturated carbocycles. The first kappa shape index (κ1) is 15.9. The van der Waals surface area contributed by atoms with E-state index in [1.807, 2.05) is 0 Å². The molecule has 1 unspecified atom stereocenters. The highest BCUT2D eigenvalue weighted by molar-refractivity contribution is 4.67. The Balaban J connectivity index is 3.57. The molecule has 3 N–H and O–H groups in total. The largest absolute Gasteiger partial charge is 0.330 e. The first-order valence-corrected chi connectivity index (χ1v) is 6.78. The topological polar surface area (TPSA) is 41.3 Å². The number of hydrogen-bond donors (Lipinski definition) is 2. The molecule has 0 spiro atoms. The van der Waals surface area contributed by atoms with E-state index in [0.717, 1.165) is 32.7 Å². The maximum Gasteiger partial charge on any atom is 0.0107 e. The fourth-order valence-electron chi connectivity index (χ4n) is 1.86. The van der Waals surface area contributed by atoms with Gasteiger partial charge in [0.1, 0.15) is 0 Å². The third kappa shape index (κ3) is 7.20. The van der Waals surface area contributed by atoms with Crippen molar-refractivity contribution in [3.05, 3.63) is 0 Å². The molecule has 0 radical (unpaired) electrons. The molecule has 0 aliphatic rings. The van der Waals surface area contributed by atoms with Crippen molar-refractivity contribution in [2.24, 2.45) is 17.6 Å². The van der Waals surface area contributed by atoms with Crippen molar-refractivity contribution in [2.45, 2.75) is 34.1 Å². The number of nitrogens with zero attached hydrogens (tertiary/aromatic N) is 1. The van der Waals surface area contributed by atoms with Crippen molar-refractivity contribution < 1.29 is 0 Å². The Morgan fingerprint density at radius 1 is 1.19 bits per heavy atom. The van der Waals surface area contributed by atoms with Crippen LogP contribution in [-0.2, 0) is 0 Å².